The number of aliphatic hydroxyl groups is 3. The van der Waals surface area contributed by atoms with Crippen LogP contribution in [0.15, 0.2) is 54.6 Å². The molecule has 41 heavy (non-hydrogen) atoms. The predicted octanol–water partition coefficient (Wildman–Crippen LogP) is 2.21. The van der Waals surface area contributed by atoms with Crippen molar-refractivity contribution >= 4 is 34.8 Å². The van der Waals surface area contributed by atoms with Crippen LogP contribution in [0.3, 0.4) is 0 Å². The van der Waals surface area contributed by atoms with Crippen LogP contribution < -0.4 is 10.2 Å². The molecule has 1 saturated heterocycles. The van der Waals surface area contributed by atoms with E-state index in [1.54, 1.807) is 48.2 Å². The number of hydrogen-bond acceptors (Lipinski definition) is 8. The molecule has 4 rings (SSSR count). The molecule has 4 N–H and O–H groups in total. The van der Waals surface area contributed by atoms with Crippen LogP contribution in [-0.2, 0) is 26.5 Å². The van der Waals surface area contributed by atoms with E-state index in [9.17, 15) is 39.8 Å². The summed E-state index contributed by atoms with van der Waals surface area (Å²) >= 11 is 0. The van der Waals surface area contributed by atoms with Gasteiger partial charge in [-0.15, -0.1) is 0 Å². The number of non-ortho nitro benzene ring substituents is 1. The third-order valence-electron chi connectivity index (χ3n) is 7.69. The van der Waals surface area contributed by atoms with Crippen LogP contribution in [0.1, 0.15) is 44.2 Å². The summed E-state index contributed by atoms with van der Waals surface area (Å²) in [5, 5.41) is 44.8. The van der Waals surface area contributed by atoms with Gasteiger partial charge < -0.3 is 30.4 Å². The predicted molar refractivity (Wildman–Crippen MR) is 150 cm³/mol. The molecule has 0 unspecified atom stereocenters. The Morgan fingerprint density at radius 1 is 1.22 bits per heavy atom. The van der Waals surface area contributed by atoms with Crippen molar-refractivity contribution in [1.29, 1.82) is 0 Å². The number of carbonyl (C=O) groups excluding carboxylic acids is 3. The topological polar surface area (TPSA) is 174 Å². The molecule has 0 saturated carbocycles. The molecule has 0 aromatic heterocycles. The minimum absolute atomic E-state index is 0.0224. The molecule has 2 aromatic rings. The monoisotopic (exact) mass is 566 g/mol. The number of nitrogens with one attached hydrogen (secondary N) is 1. The van der Waals surface area contributed by atoms with Crippen LogP contribution in [0.5, 0.6) is 0 Å². The second-order valence-electron chi connectivity index (χ2n) is 10.5. The van der Waals surface area contributed by atoms with Gasteiger partial charge in [-0.05, 0) is 43.5 Å². The largest absolute Gasteiger partial charge is 0.394 e. The number of benzene rings is 2. The number of anilines is 2. The van der Waals surface area contributed by atoms with Gasteiger partial charge in [0.25, 0.3) is 17.5 Å². The minimum atomic E-state index is -2.12. The van der Waals surface area contributed by atoms with Crippen LogP contribution in [0.4, 0.5) is 17.1 Å². The van der Waals surface area contributed by atoms with E-state index in [-0.39, 0.29) is 42.8 Å². The highest BCUT2D eigenvalue weighted by Gasteiger charge is 2.53. The van der Waals surface area contributed by atoms with Crippen molar-refractivity contribution in [3.8, 4) is 0 Å². The van der Waals surface area contributed by atoms with Crippen LogP contribution in [-0.4, -0.2) is 68.2 Å². The first-order valence-electron chi connectivity index (χ1n) is 13.5. The summed E-state index contributed by atoms with van der Waals surface area (Å²) in [6.45, 7) is 3.46. The zero-order valence-electron chi connectivity index (χ0n) is 22.9. The Balaban J connectivity index is 1.57. The zero-order valence-corrected chi connectivity index (χ0v) is 22.9. The van der Waals surface area contributed by atoms with Gasteiger partial charge in [-0.25, -0.2) is 0 Å². The summed E-state index contributed by atoms with van der Waals surface area (Å²) in [4.78, 5) is 52.1. The Hall–Kier alpha value is -4.13. The number of nitro groups is 1. The number of aliphatic hydroxyl groups excluding tert-OH is 2. The molecule has 12 heteroatoms. The van der Waals surface area contributed by atoms with Gasteiger partial charge >= 0.3 is 0 Å². The molecular formula is C29H34N4O8. The quantitative estimate of drug-likeness (QED) is 0.192. The maximum Gasteiger partial charge on any atom is 0.269 e. The molecule has 2 heterocycles. The minimum Gasteiger partial charge on any atom is -0.394 e. The lowest BCUT2D eigenvalue weighted by Crippen LogP contribution is -2.44. The Bertz CT molecular complexity index is 1360. The van der Waals surface area contributed by atoms with E-state index >= 15 is 0 Å². The summed E-state index contributed by atoms with van der Waals surface area (Å²) in [6, 6.07) is 10.3. The second-order valence-corrected chi connectivity index (χ2v) is 10.5. The highest BCUT2D eigenvalue weighted by atomic mass is 16.6. The number of rotatable bonds is 10. The maximum absolute atomic E-state index is 13.8. The fraction of sp³-hybridized carbons (Fsp3) is 0.414. The first-order valence-corrected chi connectivity index (χ1v) is 13.5. The van der Waals surface area contributed by atoms with E-state index in [1.165, 1.54) is 30.0 Å². The third kappa shape index (κ3) is 5.99. The van der Waals surface area contributed by atoms with Crippen molar-refractivity contribution in [2.45, 2.75) is 57.4 Å². The average Bonchev–Trinajstić information content (AvgIpc) is 3.51. The van der Waals surface area contributed by atoms with E-state index in [0.29, 0.717) is 23.5 Å². The molecule has 0 radical (unpaired) electrons. The summed E-state index contributed by atoms with van der Waals surface area (Å²) < 4.78 is 0. The Labute approximate surface area is 237 Å². The molecule has 0 aliphatic carbocycles. The van der Waals surface area contributed by atoms with Gasteiger partial charge in [-0.3, -0.25) is 24.5 Å². The van der Waals surface area contributed by atoms with Gasteiger partial charge in [0, 0.05) is 42.3 Å². The lowest BCUT2D eigenvalue weighted by atomic mass is 9.82. The van der Waals surface area contributed by atoms with Crippen LogP contribution in [0, 0.1) is 16.0 Å². The molecular weight excluding hydrogens is 532 g/mol. The zero-order chi connectivity index (χ0) is 29.9. The molecule has 2 aliphatic heterocycles. The van der Waals surface area contributed by atoms with Crippen molar-refractivity contribution in [1.82, 2.24) is 4.90 Å². The maximum atomic E-state index is 13.8. The van der Waals surface area contributed by atoms with E-state index < -0.39 is 34.4 Å². The van der Waals surface area contributed by atoms with Crippen molar-refractivity contribution in [2.75, 3.05) is 23.4 Å². The Kier molecular flexibility index (Phi) is 8.86. The molecule has 0 bridgehead atoms. The van der Waals surface area contributed by atoms with Crippen LogP contribution in [0.25, 0.3) is 0 Å². The number of carbonyl (C=O) groups is 3. The third-order valence-corrected chi connectivity index (χ3v) is 7.69. The lowest BCUT2D eigenvalue weighted by molar-refractivity contribution is -0.385. The van der Waals surface area contributed by atoms with E-state index in [2.05, 4.69) is 5.32 Å². The van der Waals surface area contributed by atoms with E-state index in [4.69, 9.17) is 0 Å². The van der Waals surface area contributed by atoms with E-state index in [1.807, 2.05) is 0 Å². The number of hydrogen-bond donors (Lipinski definition) is 4. The number of nitro benzene ring substituents is 1. The summed E-state index contributed by atoms with van der Waals surface area (Å²) in [5.41, 5.74) is -0.847. The summed E-state index contributed by atoms with van der Waals surface area (Å²) in [5.74, 6) is -2.23. The highest BCUT2D eigenvalue weighted by Crippen LogP contribution is 2.47. The van der Waals surface area contributed by atoms with Gasteiger partial charge in [-0.1, -0.05) is 31.2 Å². The molecule has 12 nitrogen and oxygen atoms in total. The van der Waals surface area contributed by atoms with Crippen molar-refractivity contribution < 1.29 is 34.6 Å². The van der Waals surface area contributed by atoms with E-state index in [0.717, 1.165) is 12.8 Å². The second kappa shape index (κ2) is 12.2. The Morgan fingerprint density at radius 3 is 2.56 bits per heavy atom. The van der Waals surface area contributed by atoms with Crippen LogP contribution >= 0.6 is 0 Å². The van der Waals surface area contributed by atoms with Gasteiger partial charge in [0.15, 0.2) is 5.60 Å². The number of fused-ring (bicyclic) bond motifs is 1. The number of amides is 3. The molecule has 4 atom stereocenters. The van der Waals surface area contributed by atoms with Gasteiger partial charge in [0.2, 0.25) is 5.91 Å². The smallest absolute Gasteiger partial charge is 0.269 e. The first-order chi connectivity index (χ1) is 19.5. The summed E-state index contributed by atoms with van der Waals surface area (Å²) in [7, 11) is 0. The van der Waals surface area contributed by atoms with Gasteiger partial charge in [-0.2, -0.15) is 0 Å². The fourth-order valence-electron chi connectivity index (χ4n) is 5.31. The molecule has 1 fully saturated rings. The lowest BCUT2D eigenvalue weighted by Gasteiger charge is -2.28. The van der Waals surface area contributed by atoms with Crippen LogP contribution in [0.2, 0.25) is 0 Å². The molecule has 2 aliphatic rings. The molecule has 0 spiro atoms. The normalized spacial score (nSPS) is 21.7. The first kappa shape index (κ1) is 29.8. The average molecular weight is 567 g/mol. The van der Waals surface area contributed by atoms with Crippen molar-refractivity contribution in [3.05, 3.63) is 75.9 Å². The van der Waals surface area contributed by atoms with Crippen molar-refractivity contribution in [2.24, 2.45) is 5.92 Å². The number of likely N-dealkylation sites (tertiary alicyclic amines) is 1. The number of nitrogens with zero attached hydrogens (tertiary/aromatic N) is 3. The Morgan fingerprint density at radius 2 is 1.93 bits per heavy atom. The summed E-state index contributed by atoms with van der Waals surface area (Å²) in [6.07, 6.45) is 3.53. The fourth-order valence-corrected chi connectivity index (χ4v) is 5.31. The molecule has 218 valence electrons. The standard InChI is InChI=1S/C29H34N4O8/c1-18(5-3-7-26(36)31-14-4-6-23(31)17-34)29(39)24-15-22(33(40)41)12-13-25(24)32(28(29)38)16-20-8-10-21(11-9-20)30-27(37)19(2)35/h3,5,8-13,15,18-19,23,34-35,39H,4,6-7,14,16-17H2,1-2H3,(H,30,37)/b5-3+/t18-,19-,23-,29+/m0/s1. The molecule has 2 aromatic carbocycles. The SMILES string of the molecule is C[C@H](O)C(=O)Nc1ccc(CN2C(=O)[C@@](O)([C@@H](C)/C=C/CC(=O)N3CCC[C@H]3CO)c3cc([N+](=O)[O-])ccc32)cc1. The van der Waals surface area contributed by atoms with Crippen molar-refractivity contribution in [3.63, 3.8) is 0 Å². The van der Waals surface area contributed by atoms with Gasteiger partial charge in [0.05, 0.1) is 29.8 Å². The van der Waals surface area contributed by atoms with Gasteiger partial charge in [0.1, 0.15) is 6.10 Å². The highest BCUT2D eigenvalue weighted by molar-refractivity contribution is 6.07. The molecule has 3 amide bonds.